The predicted molar refractivity (Wildman–Crippen MR) is 98.2 cm³/mol. The number of nitrogens with zero attached hydrogens (tertiary/aromatic N) is 2. The lowest BCUT2D eigenvalue weighted by atomic mass is 9.96. The summed E-state index contributed by atoms with van der Waals surface area (Å²) in [6, 6.07) is 5.86. The normalized spacial score (nSPS) is 20.5. The molecule has 3 rings (SSSR count). The lowest BCUT2D eigenvalue weighted by molar-refractivity contribution is 0.0496. The first-order valence-corrected chi connectivity index (χ1v) is 10.00. The summed E-state index contributed by atoms with van der Waals surface area (Å²) >= 11 is 0. The second kappa shape index (κ2) is 7.77. The van der Waals surface area contributed by atoms with E-state index in [1.165, 1.54) is 12.3 Å². The molecular weight excluding hydrogens is 376 g/mol. The summed E-state index contributed by atoms with van der Waals surface area (Å²) < 4.78 is 58.8. The van der Waals surface area contributed by atoms with Gasteiger partial charge in [-0.25, -0.2) is 22.2 Å². The van der Waals surface area contributed by atoms with E-state index in [-0.39, 0.29) is 16.7 Å². The summed E-state index contributed by atoms with van der Waals surface area (Å²) in [5.74, 6) is -1.06. The molecule has 0 bridgehead atoms. The first kappa shape index (κ1) is 19.5. The van der Waals surface area contributed by atoms with Gasteiger partial charge in [-0.1, -0.05) is 6.92 Å². The van der Waals surface area contributed by atoms with Crippen LogP contribution in [-0.2, 0) is 14.8 Å². The lowest BCUT2D eigenvalue weighted by Crippen LogP contribution is -2.44. The second-order valence-corrected chi connectivity index (χ2v) is 8.26. The highest BCUT2D eigenvalue weighted by atomic mass is 32.2. The van der Waals surface area contributed by atoms with Crippen LogP contribution in [0.1, 0.15) is 13.3 Å². The number of halogens is 2. The number of aromatic nitrogens is 1. The molecular formula is C18H21F2N3O3S. The zero-order valence-corrected chi connectivity index (χ0v) is 15.8. The Kier molecular flexibility index (Phi) is 5.61. The van der Waals surface area contributed by atoms with Crippen molar-refractivity contribution in [1.82, 2.24) is 4.98 Å². The molecule has 1 aliphatic rings. The molecule has 2 heterocycles. The Labute approximate surface area is 157 Å². The van der Waals surface area contributed by atoms with Crippen molar-refractivity contribution in [2.45, 2.75) is 24.3 Å². The van der Waals surface area contributed by atoms with Crippen molar-refractivity contribution >= 4 is 21.5 Å². The van der Waals surface area contributed by atoms with Gasteiger partial charge in [0.25, 0.3) is 10.0 Å². The van der Waals surface area contributed by atoms with Crippen molar-refractivity contribution in [2.24, 2.45) is 5.92 Å². The average molecular weight is 397 g/mol. The second-order valence-electron chi connectivity index (χ2n) is 6.57. The topological polar surface area (TPSA) is 71.5 Å². The molecule has 2 unspecified atom stereocenters. The van der Waals surface area contributed by atoms with Crippen LogP contribution in [0.3, 0.4) is 0 Å². The van der Waals surface area contributed by atoms with Crippen LogP contribution in [0.25, 0.3) is 0 Å². The van der Waals surface area contributed by atoms with E-state index in [1.807, 2.05) is 4.90 Å². The van der Waals surface area contributed by atoms with E-state index in [0.717, 1.165) is 31.2 Å². The van der Waals surface area contributed by atoms with Crippen LogP contribution in [0.5, 0.6) is 0 Å². The van der Waals surface area contributed by atoms with Gasteiger partial charge < -0.3 is 9.64 Å². The first-order chi connectivity index (χ1) is 12.8. The molecule has 1 fully saturated rings. The molecule has 6 nitrogen and oxygen atoms in total. The van der Waals surface area contributed by atoms with Gasteiger partial charge in [0, 0.05) is 32.5 Å². The molecule has 27 heavy (non-hydrogen) atoms. The smallest absolute Gasteiger partial charge is 0.263 e. The van der Waals surface area contributed by atoms with Crippen LogP contribution in [0.15, 0.2) is 41.4 Å². The van der Waals surface area contributed by atoms with Gasteiger partial charge in [-0.3, -0.25) is 4.72 Å². The fourth-order valence-corrected chi connectivity index (χ4v) is 4.03. The molecule has 1 aromatic heterocycles. The number of anilines is 2. The van der Waals surface area contributed by atoms with E-state index < -0.39 is 21.7 Å². The van der Waals surface area contributed by atoms with Crippen LogP contribution in [0, 0.1) is 17.6 Å². The average Bonchev–Trinajstić information content (AvgIpc) is 2.65. The van der Waals surface area contributed by atoms with Crippen molar-refractivity contribution < 1.29 is 21.9 Å². The largest absolute Gasteiger partial charge is 0.379 e. The highest BCUT2D eigenvalue weighted by Crippen LogP contribution is 2.25. The van der Waals surface area contributed by atoms with E-state index in [0.29, 0.717) is 18.3 Å². The summed E-state index contributed by atoms with van der Waals surface area (Å²) in [5, 5.41) is 0. The number of hydrogen-bond donors (Lipinski definition) is 1. The van der Waals surface area contributed by atoms with Gasteiger partial charge in [0.1, 0.15) is 10.7 Å². The van der Waals surface area contributed by atoms with Crippen LogP contribution < -0.4 is 9.62 Å². The highest BCUT2D eigenvalue weighted by molar-refractivity contribution is 7.92. The molecule has 0 amide bonds. The minimum atomic E-state index is -3.96. The molecule has 2 aromatic rings. The van der Waals surface area contributed by atoms with E-state index in [2.05, 4.69) is 16.6 Å². The highest BCUT2D eigenvalue weighted by Gasteiger charge is 2.27. The third-order valence-electron chi connectivity index (χ3n) is 4.72. The van der Waals surface area contributed by atoms with Crippen LogP contribution >= 0.6 is 0 Å². The summed E-state index contributed by atoms with van der Waals surface area (Å²) in [4.78, 5) is 6.24. The van der Waals surface area contributed by atoms with Gasteiger partial charge in [0.2, 0.25) is 0 Å². The number of sulfonamides is 1. The zero-order valence-electron chi connectivity index (χ0n) is 15.0. The molecule has 2 atom stereocenters. The number of benzene rings is 1. The van der Waals surface area contributed by atoms with Crippen molar-refractivity contribution in [3.8, 4) is 0 Å². The molecule has 146 valence electrons. The monoisotopic (exact) mass is 397 g/mol. The lowest BCUT2D eigenvalue weighted by Gasteiger charge is -2.36. The Hall–Kier alpha value is -2.26. The third-order valence-corrected chi connectivity index (χ3v) is 6.09. The Morgan fingerprint density at radius 3 is 2.63 bits per heavy atom. The van der Waals surface area contributed by atoms with E-state index in [9.17, 15) is 17.2 Å². The first-order valence-electron chi connectivity index (χ1n) is 8.52. The zero-order chi connectivity index (χ0) is 19.6. The number of nitrogens with one attached hydrogen (secondary N) is 1. The molecule has 0 saturated carbocycles. The van der Waals surface area contributed by atoms with Crippen molar-refractivity contribution in [1.29, 1.82) is 0 Å². The molecule has 9 heteroatoms. The maximum Gasteiger partial charge on any atom is 0.263 e. The quantitative estimate of drug-likeness (QED) is 0.840. The molecule has 1 aromatic carbocycles. The fraction of sp³-hybridized carbons (Fsp3) is 0.389. The van der Waals surface area contributed by atoms with E-state index in [4.69, 9.17) is 4.74 Å². The summed E-state index contributed by atoms with van der Waals surface area (Å²) in [6.07, 6.45) is 2.30. The number of rotatable bonds is 5. The maximum atomic E-state index is 13.3. The summed E-state index contributed by atoms with van der Waals surface area (Å²) in [7, 11) is -2.28. The SMILES string of the molecule is COC1CN(c2ccc(S(=O)(=O)Nc3ccc(F)c(F)c3)cn2)CCC1C. The van der Waals surface area contributed by atoms with Crippen LogP contribution in [0.2, 0.25) is 0 Å². The van der Waals surface area contributed by atoms with Crippen molar-refractivity contribution in [2.75, 3.05) is 29.8 Å². The Balaban J connectivity index is 1.75. The molecule has 0 aliphatic carbocycles. The molecule has 0 radical (unpaired) electrons. The van der Waals surface area contributed by atoms with E-state index >= 15 is 0 Å². The third kappa shape index (κ3) is 4.36. The number of methoxy groups -OCH3 is 1. The predicted octanol–water partition coefficient (Wildman–Crippen LogP) is 3.02. The minimum absolute atomic E-state index is 0.0640. The minimum Gasteiger partial charge on any atom is -0.379 e. The van der Waals surface area contributed by atoms with Gasteiger partial charge in [0.15, 0.2) is 11.6 Å². The van der Waals surface area contributed by atoms with Crippen LogP contribution in [-0.4, -0.2) is 39.7 Å². The number of hydrogen-bond acceptors (Lipinski definition) is 5. The molecule has 1 saturated heterocycles. The molecule has 1 N–H and O–H groups in total. The van der Waals surface area contributed by atoms with Gasteiger partial charge >= 0.3 is 0 Å². The number of pyridine rings is 1. The maximum absolute atomic E-state index is 13.3. The number of piperidine rings is 1. The Morgan fingerprint density at radius 2 is 2.00 bits per heavy atom. The van der Waals surface area contributed by atoms with Gasteiger partial charge in [0.05, 0.1) is 11.8 Å². The van der Waals surface area contributed by atoms with Crippen molar-refractivity contribution in [3.05, 3.63) is 48.2 Å². The van der Waals surface area contributed by atoms with Gasteiger partial charge in [-0.2, -0.15) is 0 Å². The molecule has 1 aliphatic heterocycles. The van der Waals surface area contributed by atoms with Gasteiger partial charge in [-0.15, -0.1) is 0 Å². The fourth-order valence-electron chi connectivity index (χ4n) is 3.04. The van der Waals surface area contributed by atoms with Crippen LogP contribution in [0.4, 0.5) is 20.3 Å². The standard InChI is InChI=1S/C18H21F2N3O3S/c1-12-7-8-23(11-17(12)26-2)18-6-4-14(10-21-18)27(24,25)22-13-3-5-15(19)16(20)9-13/h3-6,9-10,12,17,22H,7-8,11H2,1-2H3. The van der Waals surface area contributed by atoms with Gasteiger partial charge in [-0.05, 0) is 36.6 Å². The van der Waals surface area contributed by atoms with Crippen molar-refractivity contribution in [3.63, 3.8) is 0 Å². The molecule has 0 spiro atoms. The summed E-state index contributed by atoms with van der Waals surface area (Å²) in [5.41, 5.74) is -0.0640. The Bertz CT molecular complexity index is 907. The summed E-state index contributed by atoms with van der Waals surface area (Å²) in [6.45, 7) is 3.63. The van der Waals surface area contributed by atoms with E-state index in [1.54, 1.807) is 13.2 Å². The number of ether oxygens (including phenoxy) is 1. The Morgan fingerprint density at radius 1 is 1.22 bits per heavy atom.